The fourth-order valence-electron chi connectivity index (χ4n) is 9.66. The molecule has 0 spiro atoms. The van der Waals surface area contributed by atoms with E-state index in [4.69, 9.17) is 4.74 Å². The van der Waals surface area contributed by atoms with Crippen LogP contribution in [0.3, 0.4) is 0 Å². The molecule has 192 valence electrons. The molecule has 0 saturated heterocycles. The quantitative estimate of drug-likeness (QED) is 0.257. The van der Waals surface area contributed by atoms with E-state index in [0.717, 1.165) is 37.2 Å². The maximum atomic E-state index is 11.7. The molecule has 0 aromatic carbocycles. The molecule has 0 aromatic rings. The van der Waals surface area contributed by atoms with Gasteiger partial charge in [-0.2, -0.15) is 0 Å². The van der Waals surface area contributed by atoms with Gasteiger partial charge in [-0.25, -0.2) is 4.79 Å². The Kier molecular flexibility index (Phi) is 6.71. The summed E-state index contributed by atoms with van der Waals surface area (Å²) in [6, 6.07) is 0. The molecule has 0 radical (unpaired) electrons. The van der Waals surface area contributed by atoms with Crippen molar-refractivity contribution in [3.8, 4) is 0 Å². The van der Waals surface area contributed by atoms with Gasteiger partial charge < -0.3 is 9.84 Å². The first-order chi connectivity index (χ1) is 15.8. The first kappa shape index (κ1) is 26.0. The fraction of sp³-hybridized carbons (Fsp3) is 0.839. The number of aliphatic hydroxyl groups is 1. The van der Waals surface area contributed by atoms with E-state index in [-0.39, 0.29) is 17.5 Å². The van der Waals surface area contributed by atoms with Crippen molar-refractivity contribution in [1.29, 1.82) is 0 Å². The summed E-state index contributed by atoms with van der Waals surface area (Å²) in [7, 11) is 1.46. The van der Waals surface area contributed by atoms with Crippen LogP contribution in [0.2, 0.25) is 0 Å². The van der Waals surface area contributed by atoms with E-state index in [1.807, 2.05) is 6.92 Å². The maximum Gasteiger partial charge on any atom is 0.333 e. The van der Waals surface area contributed by atoms with E-state index in [1.54, 1.807) is 5.57 Å². The number of hydrogen-bond donors (Lipinski definition) is 1. The van der Waals surface area contributed by atoms with Gasteiger partial charge in [0.2, 0.25) is 0 Å². The minimum Gasteiger partial charge on any atom is -0.466 e. The smallest absolute Gasteiger partial charge is 0.333 e. The minimum atomic E-state index is -0.208. The van der Waals surface area contributed by atoms with Crippen LogP contribution in [0.15, 0.2) is 23.3 Å². The third kappa shape index (κ3) is 3.66. The summed E-state index contributed by atoms with van der Waals surface area (Å²) in [5.41, 5.74) is 3.47. The molecule has 0 heterocycles. The summed E-state index contributed by atoms with van der Waals surface area (Å²) in [4.78, 5) is 11.7. The van der Waals surface area contributed by atoms with Gasteiger partial charge in [-0.15, -0.1) is 0 Å². The highest BCUT2D eigenvalue weighted by molar-refractivity contribution is 5.87. The van der Waals surface area contributed by atoms with Gasteiger partial charge in [0.1, 0.15) is 0 Å². The molecule has 0 bridgehead atoms. The molecule has 4 aliphatic carbocycles. The molecule has 3 fully saturated rings. The van der Waals surface area contributed by atoms with Crippen molar-refractivity contribution in [1.82, 2.24) is 0 Å². The lowest BCUT2D eigenvalue weighted by Crippen LogP contribution is -2.58. The van der Waals surface area contributed by atoms with Gasteiger partial charge in [0.25, 0.3) is 0 Å². The second kappa shape index (κ2) is 8.79. The largest absolute Gasteiger partial charge is 0.466 e. The summed E-state index contributed by atoms with van der Waals surface area (Å²) in [6.45, 7) is 16.7. The molecule has 0 unspecified atom stereocenters. The zero-order chi connectivity index (χ0) is 25.1. The molecule has 3 nitrogen and oxygen atoms in total. The molecule has 0 aliphatic heterocycles. The molecule has 4 rings (SSSR count). The molecular weight excluding hydrogens is 420 g/mol. The van der Waals surface area contributed by atoms with Crippen molar-refractivity contribution in [2.24, 2.45) is 45.3 Å². The molecule has 0 aromatic heterocycles. The van der Waals surface area contributed by atoms with Gasteiger partial charge in [0, 0.05) is 5.57 Å². The summed E-state index contributed by atoms with van der Waals surface area (Å²) in [5.74, 6) is 2.44. The first-order valence-electron chi connectivity index (χ1n) is 14.0. The Hall–Kier alpha value is -1.09. The Bertz CT molecular complexity index is 868. The first-order valence-corrected chi connectivity index (χ1v) is 14.0. The number of ether oxygens (including phenoxy) is 1. The number of carbonyl (C=O) groups excluding carboxylic acids is 1. The van der Waals surface area contributed by atoms with E-state index in [0.29, 0.717) is 34.0 Å². The van der Waals surface area contributed by atoms with Crippen molar-refractivity contribution >= 4 is 5.97 Å². The van der Waals surface area contributed by atoms with Gasteiger partial charge in [-0.3, -0.25) is 0 Å². The number of aliphatic hydroxyl groups excluding tert-OH is 1. The van der Waals surface area contributed by atoms with E-state index >= 15 is 0 Å². The van der Waals surface area contributed by atoms with Crippen molar-refractivity contribution in [2.75, 3.05) is 7.11 Å². The van der Waals surface area contributed by atoms with Crippen LogP contribution >= 0.6 is 0 Å². The zero-order valence-electron chi connectivity index (χ0n) is 23.2. The van der Waals surface area contributed by atoms with Crippen LogP contribution in [-0.4, -0.2) is 24.3 Å². The van der Waals surface area contributed by atoms with Crippen molar-refractivity contribution in [2.45, 2.75) is 112 Å². The second-order valence-electron chi connectivity index (χ2n) is 13.7. The fourth-order valence-corrected chi connectivity index (χ4v) is 9.66. The molecule has 34 heavy (non-hydrogen) atoms. The van der Waals surface area contributed by atoms with Gasteiger partial charge in [0.05, 0.1) is 13.2 Å². The van der Waals surface area contributed by atoms with Gasteiger partial charge in [-0.1, -0.05) is 59.3 Å². The predicted octanol–water partition coefficient (Wildman–Crippen LogP) is 7.49. The summed E-state index contributed by atoms with van der Waals surface area (Å²) >= 11 is 0. The van der Waals surface area contributed by atoms with E-state index in [2.05, 4.69) is 53.7 Å². The average molecular weight is 471 g/mol. The van der Waals surface area contributed by atoms with E-state index < -0.39 is 0 Å². The number of fused-ring (bicyclic) bond motifs is 5. The van der Waals surface area contributed by atoms with Crippen molar-refractivity contribution in [3.63, 3.8) is 0 Å². The monoisotopic (exact) mass is 470 g/mol. The number of allylic oxidation sites excluding steroid dienone is 3. The molecular formula is C31H50O3. The summed E-state index contributed by atoms with van der Waals surface area (Å²) < 4.78 is 4.86. The third-order valence-corrected chi connectivity index (χ3v) is 12.1. The Morgan fingerprint density at radius 3 is 2.53 bits per heavy atom. The zero-order valence-corrected chi connectivity index (χ0v) is 23.2. The molecule has 1 N–H and O–H groups in total. The van der Waals surface area contributed by atoms with Gasteiger partial charge in [0.15, 0.2) is 0 Å². The number of hydrogen-bond acceptors (Lipinski definition) is 3. The summed E-state index contributed by atoms with van der Waals surface area (Å²) in [5, 5.41) is 10.8. The van der Waals surface area contributed by atoms with Crippen LogP contribution < -0.4 is 0 Å². The normalized spacial score (nSPS) is 44.4. The second-order valence-corrected chi connectivity index (χ2v) is 13.7. The highest BCUT2D eigenvalue weighted by atomic mass is 16.5. The molecule has 3 saturated carbocycles. The lowest BCUT2D eigenvalue weighted by molar-refractivity contribution is -0.136. The lowest BCUT2D eigenvalue weighted by atomic mass is 9.41. The number of esters is 1. The molecule has 8 atom stereocenters. The minimum absolute atomic E-state index is 0.000736. The molecule has 3 heteroatoms. The van der Waals surface area contributed by atoms with Crippen molar-refractivity contribution in [3.05, 3.63) is 23.3 Å². The van der Waals surface area contributed by atoms with E-state index in [9.17, 15) is 9.90 Å². The Morgan fingerprint density at radius 2 is 1.85 bits per heavy atom. The van der Waals surface area contributed by atoms with Crippen molar-refractivity contribution < 1.29 is 14.6 Å². The predicted molar refractivity (Wildman–Crippen MR) is 139 cm³/mol. The topological polar surface area (TPSA) is 46.5 Å². The van der Waals surface area contributed by atoms with Gasteiger partial charge >= 0.3 is 5.97 Å². The van der Waals surface area contributed by atoms with Crippen LogP contribution in [0, 0.1) is 45.3 Å². The van der Waals surface area contributed by atoms with Crippen LogP contribution in [0.25, 0.3) is 0 Å². The highest BCUT2D eigenvalue weighted by Gasteiger charge is 2.65. The Morgan fingerprint density at radius 1 is 1.15 bits per heavy atom. The molecule has 0 amide bonds. The van der Waals surface area contributed by atoms with Crippen LogP contribution in [-0.2, 0) is 9.53 Å². The highest BCUT2D eigenvalue weighted by Crippen LogP contribution is 2.73. The van der Waals surface area contributed by atoms with E-state index in [1.165, 1.54) is 39.2 Å². The number of rotatable bonds is 5. The SMILES string of the molecule is COC(=O)/C(C)=C\CC[C@@H](C)[C@@H]1CC[C@]2(C)C3=CC[C@H]4C(C)(C)[C@H](O)CC[C@]4(C)[C@@H]3CC[C@@]12C. The van der Waals surface area contributed by atoms with Crippen LogP contribution in [0.4, 0.5) is 0 Å². The van der Waals surface area contributed by atoms with Crippen LogP contribution in [0.1, 0.15) is 106 Å². The summed E-state index contributed by atoms with van der Waals surface area (Å²) in [6.07, 6.45) is 15.2. The number of methoxy groups -OCH3 is 1. The lowest BCUT2D eigenvalue weighted by Gasteiger charge is -2.64. The van der Waals surface area contributed by atoms with Crippen LogP contribution in [0.5, 0.6) is 0 Å². The van der Waals surface area contributed by atoms with Gasteiger partial charge in [-0.05, 0) is 110 Å². The Balaban J connectivity index is 1.56. The number of carbonyl (C=O) groups is 1. The standard InChI is InChI=1S/C31H50O3/c1-20(10-9-11-21(2)27(33)34-8)22-14-18-31(7)24-12-13-25-28(3,4)26(32)16-17-29(25,5)23(24)15-19-30(22,31)6/h11-12,20,22-23,25-26,32H,9-10,13-19H2,1-8H3/b21-11-/t20-,22+,23-,25+,26-,29-,30+,31-/m1/s1. The Labute approximate surface area is 208 Å². The maximum absolute atomic E-state index is 11.7. The molecule has 4 aliphatic rings. The third-order valence-electron chi connectivity index (χ3n) is 12.1. The average Bonchev–Trinajstić information content (AvgIpc) is 3.07.